The van der Waals surface area contributed by atoms with Crippen molar-refractivity contribution in [1.82, 2.24) is 9.88 Å². The molecule has 2 aliphatic carbocycles. The summed E-state index contributed by atoms with van der Waals surface area (Å²) in [6, 6.07) is 1.12. The molecule has 4 heteroatoms. The lowest BCUT2D eigenvalue weighted by molar-refractivity contribution is -0.149. The van der Waals surface area contributed by atoms with Crippen LogP contribution < -0.4 is 0 Å². The molecule has 1 aromatic heterocycles. The van der Waals surface area contributed by atoms with Crippen molar-refractivity contribution < 1.29 is 4.79 Å². The highest BCUT2D eigenvalue weighted by atomic mass is 16.2. The van der Waals surface area contributed by atoms with Crippen LogP contribution in [0.15, 0.2) is 11.2 Å². The molecule has 4 bridgehead atoms. The molecule has 3 aliphatic heterocycles. The van der Waals surface area contributed by atoms with Crippen LogP contribution in [0.3, 0.4) is 0 Å². The number of fused-ring (bicyclic) bond motifs is 1. The molecular weight excluding hydrogens is 286 g/mol. The van der Waals surface area contributed by atoms with Gasteiger partial charge in [-0.25, -0.2) is 4.99 Å². The fourth-order valence-corrected chi connectivity index (χ4v) is 5.77. The molecule has 2 saturated carbocycles. The van der Waals surface area contributed by atoms with Crippen LogP contribution in [0.5, 0.6) is 0 Å². The smallest absolute Gasteiger partial charge is 0.223 e. The molecule has 122 valence electrons. The molecule has 23 heavy (non-hydrogen) atoms. The summed E-state index contributed by atoms with van der Waals surface area (Å²) in [6.45, 7) is 0. The Morgan fingerprint density at radius 3 is 2.65 bits per heavy atom. The molecule has 2 saturated heterocycles. The Morgan fingerprint density at radius 2 is 1.91 bits per heavy atom. The van der Waals surface area contributed by atoms with E-state index in [4.69, 9.17) is 0 Å². The fourth-order valence-electron chi connectivity index (χ4n) is 5.77. The van der Waals surface area contributed by atoms with Gasteiger partial charge in [-0.1, -0.05) is 0 Å². The molecule has 4 nitrogen and oxygen atoms in total. The van der Waals surface area contributed by atoms with Gasteiger partial charge in [-0.05, 0) is 74.3 Å². The number of aromatic nitrogens is 1. The van der Waals surface area contributed by atoms with Crippen molar-refractivity contribution in [2.45, 2.75) is 69.9 Å². The molecule has 4 heterocycles. The van der Waals surface area contributed by atoms with Crippen LogP contribution in [0.4, 0.5) is 5.82 Å². The number of rotatable bonds is 3. The van der Waals surface area contributed by atoms with Gasteiger partial charge in [0.05, 0.1) is 0 Å². The number of H-pyrrole nitrogens is 1. The Balaban J connectivity index is 1.27. The maximum absolute atomic E-state index is 12.9. The largest absolute Gasteiger partial charge is 0.346 e. The molecule has 6 rings (SSSR count). The number of piperidine rings is 2. The molecule has 0 radical (unpaired) electrons. The maximum atomic E-state index is 12.9. The summed E-state index contributed by atoms with van der Waals surface area (Å²) in [6.07, 6.45) is 14.2. The van der Waals surface area contributed by atoms with Crippen LogP contribution in [0.1, 0.15) is 56.1 Å². The Bertz CT molecular complexity index is 632. The first kappa shape index (κ1) is 13.8. The standard InChI is InChI=1S/C19H25N3O/c23-18(4-3-14-11-21-19-17(14)2-1-5-20-19)22-15-7-12-6-13(9-15)10-16(22)8-12/h5,11-13,15-16,21H,1-4,6-10H2. The van der Waals surface area contributed by atoms with Gasteiger partial charge in [0.15, 0.2) is 0 Å². The number of carbonyl (C=O) groups excluding carboxylic acids is 1. The van der Waals surface area contributed by atoms with E-state index in [0.29, 0.717) is 24.4 Å². The van der Waals surface area contributed by atoms with Gasteiger partial charge in [-0.2, -0.15) is 0 Å². The lowest BCUT2D eigenvalue weighted by Gasteiger charge is -2.56. The SMILES string of the molecule is O=C(CCc1c[nH]c2c1CCC=N2)N1C2CC3CC(C2)CC1C3. The lowest BCUT2D eigenvalue weighted by Crippen LogP contribution is -2.59. The van der Waals surface area contributed by atoms with E-state index >= 15 is 0 Å². The van der Waals surface area contributed by atoms with Gasteiger partial charge in [0.1, 0.15) is 5.82 Å². The second kappa shape index (κ2) is 5.22. The van der Waals surface area contributed by atoms with Crippen LogP contribution in [0.2, 0.25) is 0 Å². The third-order valence-electron chi connectivity index (χ3n) is 6.57. The third kappa shape index (κ3) is 2.26. The van der Waals surface area contributed by atoms with Crippen LogP contribution in [-0.4, -0.2) is 34.1 Å². The number of hydrogen-bond acceptors (Lipinski definition) is 2. The maximum Gasteiger partial charge on any atom is 0.223 e. The summed E-state index contributed by atoms with van der Waals surface area (Å²) < 4.78 is 0. The second-order valence-corrected chi connectivity index (χ2v) is 8.01. The Hall–Kier alpha value is -1.58. The Morgan fingerprint density at radius 1 is 1.17 bits per heavy atom. The van der Waals surface area contributed by atoms with E-state index in [1.54, 1.807) is 0 Å². The second-order valence-electron chi connectivity index (χ2n) is 8.01. The van der Waals surface area contributed by atoms with Crippen LogP contribution in [-0.2, 0) is 17.6 Å². The highest BCUT2D eigenvalue weighted by Crippen LogP contribution is 2.49. The van der Waals surface area contributed by atoms with Gasteiger partial charge in [-0.3, -0.25) is 4.79 Å². The number of aromatic amines is 1. The summed E-state index contributed by atoms with van der Waals surface area (Å²) in [5.41, 5.74) is 2.63. The van der Waals surface area contributed by atoms with Crippen LogP contribution in [0.25, 0.3) is 0 Å². The van der Waals surface area contributed by atoms with Gasteiger partial charge in [0.25, 0.3) is 0 Å². The Labute approximate surface area is 137 Å². The van der Waals surface area contributed by atoms with Crippen LogP contribution >= 0.6 is 0 Å². The van der Waals surface area contributed by atoms with E-state index in [-0.39, 0.29) is 0 Å². The van der Waals surface area contributed by atoms with Crippen LogP contribution in [0, 0.1) is 11.8 Å². The number of carbonyl (C=O) groups is 1. The van der Waals surface area contributed by atoms with Crippen molar-refractivity contribution >= 4 is 17.9 Å². The minimum absolute atomic E-state index is 0.396. The fraction of sp³-hybridized carbons (Fsp3) is 0.684. The van der Waals surface area contributed by atoms with Crippen molar-refractivity contribution in [3.05, 3.63) is 17.3 Å². The minimum Gasteiger partial charge on any atom is -0.346 e. The molecule has 5 aliphatic rings. The van der Waals surface area contributed by atoms with E-state index in [9.17, 15) is 4.79 Å². The number of nitrogens with zero attached hydrogens (tertiary/aromatic N) is 2. The Kier molecular flexibility index (Phi) is 3.14. The van der Waals surface area contributed by atoms with E-state index in [2.05, 4.69) is 21.1 Å². The zero-order valence-corrected chi connectivity index (χ0v) is 13.6. The number of nitrogens with one attached hydrogen (secondary N) is 1. The highest BCUT2D eigenvalue weighted by molar-refractivity contribution is 5.78. The number of hydrogen-bond donors (Lipinski definition) is 1. The lowest BCUT2D eigenvalue weighted by atomic mass is 9.63. The molecule has 1 amide bonds. The normalized spacial score (nSPS) is 34.0. The summed E-state index contributed by atoms with van der Waals surface area (Å²) >= 11 is 0. The summed E-state index contributed by atoms with van der Waals surface area (Å²) in [5, 5.41) is 0. The van der Waals surface area contributed by atoms with E-state index in [1.807, 2.05) is 6.21 Å². The predicted octanol–water partition coefficient (Wildman–Crippen LogP) is 3.39. The average Bonchev–Trinajstić information content (AvgIpc) is 2.95. The first-order valence-corrected chi connectivity index (χ1v) is 9.30. The quantitative estimate of drug-likeness (QED) is 0.914. The summed E-state index contributed by atoms with van der Waals surface area (Å²) in [7, 11) is 0. The third-order valence-corrected chi connectivity index (χ3v) is 6.57. The van der Waals surface area contributed by atoms with Crippen molar-refractivity contribution in [3.63, 3.8) is 0 Å². The molecule has 0 spiro atoms. The van der Waals surface area contributed by atoms with Gasteiger partial charge in [0.2, 0.25) is 5.91 Å². The van der Waals surface area contributed by atoms with Crippen molar-refractivity contribution in [2.24, 2.45) is 16.8 Å². The van der Waals surface area contributed by atoms with E-state index in [0.717, 1.165) is 36.9 Å². The van der Waals surface area contributed by atoms with Gasteiger partial charge < -0.3 is 9.88 Å². The molecular formula is C19H25N3O. The first-order valence-electron chi connectivity index (χ1n) is 9.30. The van der Waals surface area contributed by atoms with E-state index < -0.39 is 0 Å². The molecule has 0 unspecified atom stereocenters. The monoisotopic (exact) mass is 311 g/mol. The van der Waals surface area contributed by atoms with E-state index in [1.165, 1.54) is 43.2 Å². The predicted molar refractivity (Wildman–Crippen MR) is 90.1 cm³/mol. The van der Waals surface area contributed by atoms with Crippen molar-refractivity contribution in [3.8, 4) is 0 Å². The van der Waals surface area contributed by atoms with Gasteiger partial charge in [0, 0.05) is 30.9 Å². The minimum atomic E-state index is 0.396. The van der Waals surface area contributed by atoms with Gasteiger partial charge >= 0.3 is 0 Å². The van der Waals surface area contributed by atoms with Gasteiger partial charge in [-0.15, -0.1) is 0 Å². The highest BCUT2D eigenvalue weighted by Gasteiger charge is 2.48. The first-order chi connectivity index (χ1) is 11.3. The van der Waals surface area contributed by atoms with Crippen molar-refractivity contribution in [1.29, 1.82) is 0 Å². The zero-order valence-electron chi connectivity index (χ0n) is 13.6. The molecule has 1 N–H and O–H groups in total. The molecule has 0 atom stereocenters. The average molecular weight is 311 g/mol. The number of aryl methyl sites for hydroxylation is 1. The molecule has 0 aromatic carbocycles. The zero-order chi connectivity index (χ0) is 15.4. The molecule has 4 fully saturated rings. The number of amides is 1. The summed E-state index contributed by atoms with van der Waals surface area (Å²) in [4.78, 5) is 22.9. The molecule has 1 aromatic rings. The summed E-state index contributed by atoms with van der Waals surface area (Å²) in [5.74, 6) is 3.23. The topological polar surface area (TPSA) is 48.5 Å². The number of aliphatic imine (C=N–C) groups is 1. The van der Waals surface area contributed by atoms with Crippen molar-refractivity contribution in [2.75, 3.05) is 0 Å².